The molecular formula is C20H19ClFN7O. The maximum absolute atomic E-state index is 15.1. The molecule has 2 N–H and O–H groups in total. The molecule has 2 fully saturated rings. The summed E-state index contributed by atoms with van der Waals surface area (Å²) in [6, 6.07) is 0. The average molecular weight is 428 g/mol. The van der Waals surface area contributed by atoms with Crippen LogP contribution in [0.4, 0.5) is 15.9 Å². The van der Waals surface area contributed by atoms with Crippen LogP contribution >= 0.6 is 11.6 Å². The number of nitrogens with zero attached hydrogens (tertiary/aromatic N) is 5. The zero-order valence-corrected chi connectivity index (χ0v) is 16.8. The lowest BCUT2D eigenvalue weighted by atomic mass is 10.0. The average Bonchev–Trinajstić information content (AvgIpc) is 3.42. The smallest absolute Gasteiger partial charge is 0.212 e. The zero-order valence-electron chi connectivity index (χ0n) is 16.0. The molecule has 8 nitrogen and oxygen atoms in total. The van der Waals surface area contributed by atoms with Gasteiger partial charge in [-0.2, -0.15) is 5.10 Å². The number of carbonyl (C=O) groups excluding carboxylic acids is 1. The van der Waals surface area contributed by atoms with Crippen LogP contribution in [0.5, 0.6) is 0 Å². The Morgan fingerprint density at radius 2 is 1.97 bits per heavy atom. The van der Waals surface area contributed by atoms with E-state index in [0.717, 1.165) is 19.5 Å². The summed E-state index contributed by atoms with van der Waals surface area (Å²) >= 11 is 6.43. The summed E-state index contributed by atoms with van der Waals surface area (Å²) in [6.07, 6.45) is 12.6. The number of nitrogens with one attached hydrogen (secondary N) is 2. The highest BCUT2D eigenvalue weighted by Crippen LogP contribution is 2.43. The van der Waals surface area contributed by atoms with Crippen molar-refractivity contribution in [2.45, 2.75) is 25.7 Å². The topological polar surface area (TPSA) is 91.2 Å². The van der Waals surface area contributed by atoms with Crippen LogP contribution in [0.15, 0.2) is 24.8 Å². The fourth-order valence-corrected chi connectivity index (χ4v) is 3.63. The van der Waals surface area contributed by atoms with Crippen molar-refractivity contribution in [1.29, 1.82) is 0 Å². The second kappa shape index (κ2) is 7.56. The molecule has 1 aliphatic heterocycles. The molecule has 30 heavy (non-hydrogen) atoms. The van der Waals surface area contributed by atoms with Crippen LogP contribution in [0.3, 0.4) is 0 Å². The van der Waals surface area contributed by atoms with E-state index < -0.39 is 5.82 Å². The van der Waals surface area contributed by atoms with Crippen molar-refractivity contribution in [2.75, 3.05) is 23.3 Å². The first-order valence-corrected chi connectivity index (χ1v) is 10.2. The SMILES string of the molecule is C1CC1.O=CNc1cn2cc(-c3c(Cl)c(F)c(N4CCC4)c4[nH]ncc34)ncc2n1. The summed E-state index contributed by atoms with van der Waals surface area (Å²) in [7, 11) is 0. The largest absolute Gasteiger partial charge is 0.367 e. The Morgan fingerprint density at radius 3 is 2.63 bits per heavy atom. The van der Waals surface area contributed by atoms with Crippen molar-refractivity contribution in [3.05, 3.63) is 35.6 Å². The first-order chi connectivity index (χ1) is 14.7. The van der Waals surface area contributed by atoms with Crippen LogP contribution in [0.2, 0.25) is 5.02 Å². The van der Waals surface area contributed by atoms with E-state index in [2.05, 4.69) is 25.5 Å². The third-order valence-corrected chi connectivity index (χ3v) is 5.45. The molecule has 0 spiro atoms. The molecule has 1 saturated carbocycles. The van der Waals surface area contributed by atoms with Gasteiger partial charge in [0.1, 0.15) is 5.69 Å². The predicted octanol–water partition coefficient (Wildman–Crippen LogP) is 4.01. The molecule has 0 bridgehead atoms. The van der Waals surface area contributed by atoms with Crippen molar-refractivity contribution in [3.8, 4) is 11.3 Å². The quantitative estimate of drug-likeness (QED) is 0.480. The fourth-order valence-electron chi connectivity index (χ4n) is 3.34. The van der Waals surface area contributed by atoms with E-state index >= 15 is 4.39 Å². The molecule has 4 aromatic rings. The van der Waals surface area contributed by atoms with E-state index in [4.69, 9.17) is 11.6 Å². The van der Waals surface area contributed by atoms with Crippen LogP contribution < -0.4 is 10.2 Å². The van der Waals surface area contributed by atoms with Gasteiger partial charge in [0.05, 0.1) is 34.8 Å². The molecule has 1 aliphatic carbocycles. The van der Waals surface area contributed by atoms with E-state index in [1.165, 1.54) is 25.5 Å². The first kappa shape index (κ1) is 18.8. The molecule has 1 amide bonds. The van der Waals surface area contributed by atoms with Gasteiger partial charge in [-0.3, -0.25) is 14.9 Å². The van der Waals surface area contributed by atoms with Crippen molar-refractivity contribution in [2.24, 2.45) is 0 Å². The number of hydrogen-bond acceptors (Lipinski definition) is 5. The van der Waals surface area contributed by atoms with Gasteiger partial charge in [-0.1, -0.05) is 30.9 Å². The third-order valence-electron chi connectivity index (χ3n) is 5.10. The lowest BCUT2D eigenvalue weighted by Crippen LogP contribution is -2.37. The van der Waals surface area contributed by atoms with Crippen molar-refractivity contribution in [1.82, 2.24) is 24.6 Å². The van der Waals surface area contributed by atoms with Crippen LogP contribution in [0.1, 0.15) is 25.7 Å². The van der Waals surface area contributed by atoms with Gasteiger partial charge in [-0.05, 0) is 6.42 Å². The molecule has 1 aromatic carbocycles. The van der Waals surface area contributed by atoms with E-state index in [1.54, 1.807) is 23.0 Å². The molecule has 154 valence electrons. The van der Waals surface area contributed by atoms with Gasteiger partial charge >= 0.3 is 0 Å². The highest BCUT2D eigenvalue weighted by molar-refractivity contribution is 6.35. The lowest BCUT2D eigenvalue weighted by Gasteiger charge is -2.34. The number of aromatic nitrogens is 5. The Kier molecular flexibility index (Phi) is 4.74. The number of benzene rings is 1. The molecular weight excluding hydrogens is 409 g/mol. The predicted molar refractivity (Wildman–Crippen MR) is 113 cm³/mol. The number of anilines is 2. The van der Waals surface area contributed by atoms with Gasteiger partial charge < -0.3 is 14.6 Å². The molecule has 6 rings (SSSR count). The maximum Gasteiger partial charge on any atom is 0.212 e. The molecule has 0 unspecified atom stereocenters. The monoisotopic (exact) mass is 427 g/mol. The number of amides is 1. The molecule has 10 heteroatoms. The fraction of sp³-hybridized carbons (Fsp3) is 0.300. The van der Waals surface area contributed by atoms with Gasteiger partial charge in [0.25, 0.3) is 0 Å². The van der Waals surface area contributed by atoms with Crippen LogP contribution in [-0.2, 0) is 4.79 Å². The Bertz CT molecular complexity index is 1240. The van der Waals surface area contributed by atoms with Gasteiger partial charge in [0, 0.05) is 30.2 Å². The summed E-state index contributed by atoms with van der Waals surface area (Å²) in [5.74, 6) is -0.0956. The van der Waals surface area contributed by atoms with Crippen LogP contribution in [-0.4, -0.2) is 44.1 Å². The van der Waals surface area contributed by atoms with Gasteiger partial charge in [0.2, 0.25) is 6.41 Å². The minimum Gasteiger partial charge on any atom is -0.367 e. The zero-order chi connectivity index (χ0) is 20.7. The van der Waals surface area contributed by atoms with Gasteiger partial charge in [0.15, 0.2) is 17.3 Å². The van der Waals surface area contributed by atoms with E-state index in [0.29, 0.717) is 45.7 Å². The number of carbonyl (C=O) groups is 1. The van der Waals surface area contributed by atoms with Gasteiger partial charge in [-0.15, -0.1) is 0 Å². The minimum atomic E-state index is -0.487. The molecule has 3 aromatic heterocycles. The number of H-pyrrole nitrogens is 1. The lowest BCUT2D eigenvalue weighted by molar-refractivity contribution is -0.105. The van der Waals surface area contributed by atoms with E-state index in [9.17, 15) is 4.79 Å². The van der Waals surface area contributed by atoms with Crippen molar-refractivity contribution in [3.63, 3.8) is 0 Å². The number of aromatic amines is 1. The molecule has 4 heterocycles. The third kappa shape index (κ3) is 3.24. The Morgan fingerprint density at radius 1 is 1.17 bits per heavy atom. The highest BCUT2D eigenvalue weighted by Gasteiger charge is 2.27. The Balaban J connectivity index is 0.000000592. The molecule has 1 saturated heterocycles. The van der Waals surface area contributed by atoms with E-state index in [1.807, 2.05) is 4.90 Å². The number of hydrogen-bond donors (Lipinski definition) is 2. The summed E-state index contributed by atoms with van der Waals surface area (Å²) in [4.78, 5) is 21.1. The minimum absolute atomic E-state index is 0.00371. The van der Waals surface area contributed by atoms with Crippen molar-refractivity contribution >= 4 is 46.1 Å². The van der Waals surface area contributed by atoms with Crippen LogP contribution in [0.25, 0.3) is 27.8 Å². The normalized spacial score (nSPS) is 14.9. The Hall–Kier alpha value is -3.20. The molecule has 0 radical (unpaired) electrons. The van der Waals surface area contributed by atoms with E-state index in [-0.39, 0.29) is 5.02 Å². The first-order valence-electron chi connectivity index (χ1n) is 9.81. The van der Waals surface area contributed by atoms with Crippen molar-refractivity contribution < 1.29 is 9.18 Å². The van der Waals surface area contributed by atoms with Crippen LogP contribution in [0, 0.1) is 5.82 Å². The number of imidazole rings is 1. The highest BCUT2D eigenvalue weighted by atomic mass is 35.5. The number of rotatable bonds is 4. The second-order valence-electron chi connectivity index (χ2n) is 7.34. The molecule has 0 atom stereocenters. The number of halogens is 2. The second-order valence-corrected chi connectivity index (χ2v) is 7.72. The summed E-state index contributed by atoms with van der Waals surface area (Å²) in [5.41, 5.74) is 2.53. The maximum atomic E-state index is 15.1. The molecule has 2 aliphatic rings. The summed E-state index contributed by atoms with van der Waals surface area (Å²) < 4.78 is 16.8. The standard InChI is InChI=1S/C17H13ClFN7O.C3H6/c18-14-13(10-6-26-7-11(21-8-27)23-12(26)5-20-10)9-4-22-24-16(9)17(15(14)19)25-2-1-3-25;1-2-3-1/h4-8H,1-3H2,(H,21,27)(H,22,24);1-3H2. The van der Waals surface area contributed by atoms with Gasteiger partial charge in [-0.25, -0.2) is 9.37 Å². The summed E-state index contributed by atoms with van der Waals surface area (Å²) in [5, 5.41) is 10.2. The number of fused-ring (bicyclic) bond motifs is 2. The Labute approximate surface area is 176 Å². The summed E-state index contributed by atoms with van der Waals surface area (Å²) in [6.45, 7) is 1.57.